The van der Waals surface area contributed by atoms with Crippen molar-refractivity contribution in [3.8, 4) is 0 Å². The van der Waals surface area contributed by atoms with Crippen molar-refractivity contribution < 1.29 is 0 Å². The van der Waals surface area contributed by atoms with E-state index in [0.29, 0.717) is 17.1 Å². The lowest BCUT2D eigenvalue weighted by Crippen LogP contribution is -2.31. The van der Waals surface area contributed by atoms with Crippen LogP contribution in [0, 0.1) is 0 Å². The molecular weight excluding hydrogens is 222 g/mol. The number of nitrogens with one attached hydrogen (secondary N) is 2. The Labute approximate surface area is 97.1 Å². The average molecular weight is 237 g/mol. The minimum Gasteiger partial charge on any atom is -0.359 e. The van der Waals surface area contributed by atoms with E-state index in [1.54, 1.807) is 18.7 Å². The Balaban J connectivity index is 3.02. The first kappa shape index (κ1) is 11.4. The van der Waals surface area contributed by atoms with Gasteiger partial charge in [0.2, 0.25) is 5.95 Å². The predicted molar refractivity (Wildman–Crippen MR) is 65.5 cm³/mol. The Morgan fingerprint density at radius 1 is 1.35 bits per heavy atom. The lowest BCUT2D eigenvalue weighted by molar-refractivity contribution is 0.580. The number of aromatic amines is 1. The van der Waals surface area contributed by atoms with E-state index < -0.39 is 11.2 Å². The summed E-state index contributed by atoms with van der Waals surface area (Å²) in [5, 5.41) is 2.88. The van der Waals surface area contributed by atoms with Crippen LogP contribution in [-0.4, -0.2) is 26.1 Å². The monoisotopic (exact) mass is 237 g/mol. The minimum atomic E-state index is -0.432. The first-order chi connectivity index (χ1) is 7.97. The Morgan fingerprint density at radius 3 is 2.53 bits per heavy atom. The van der Waals surface area contributed by atoms with E-state index >= 15 is 0 Å². The molecule has 0 aliphatic rings. The number of fused-ring (bicyclic) bond motifs is 1. The highest BCUT2D eigenvalue weighted by Gasteiger charge is 2.16. The minimum absolute atomic E-state index is 0.0681. The maximum Gasteiger partial charge on any atom is 0.330 e. The molecule has 0 unspecified atom stereocenters. The van der Waals surface area contributed by atoms with Gasteiger partial charge in [-0.05, 0) is 13.8 Å². The molecule has 0 atom stereocenters. The number of aromatic nitrogens is 4. The number of imidazole rings is 1. The molecule has 0 radical (unpaired) electrons. The van der Waals surface area contributed by atoms with E-state index in [0.717, 1.165) is 0 Å². The normalized spacial score (nSPS) is 11.4. The standard InChI is InChI=1S/C10H15N5O2/c1-5(2)15-7-6(8(16)13-10(15)17)14(4)9(11-3)12-7/h5H,1-4H3,(H,11,12)(H,13,16,17). The van der Waals surface area contributed by atoms with E-state index in [4.69, 9.17) is 0 Å². The van der Waals surface area contributed by atoms with Gasteiger partial charge < -0.3 is 9.88 Å². The predicted octanol–water partition coefficient (Wildman–Crippen LogP) is 0.0459. The van der Waals surface area contributed by atoms with Crippen LogP contribution in [0.2, 0.25) is 0 Å². The summed E-state index contributed by atoms with van der Waals surface area (Å²) in [5.74, 6) is 0.547. The second-order valence-corrected chi connectivity index (χ2v) is 4.14. The van der Waals surface area contributed by atoms with Gasteiger partial charge in [-0.3, -0.25) is 14.3 Å². The third-order valence-electron chi connectivity index (χ3n) is 2.70. The Bertz CT molecular complexity index is 676. The van der Waals surface area contributed by atoms with Crippen LogP contribution in [-0.2, 0) is 7.05 Å². The topological polar surface area (TPSA) is 84.7 Å². The van der Waals surface area contributed by atoms with Crippen LogP contribution < -0.4 is 16.6 Å². The van der Waals surface area contributed by atoms with Crippen molar-refractivity contribution in [1.82, 2.24) is 19.1 Å². The van der Waals surface area contributed by atoms with Crippen LogP contribution in [0.25, 0.3) is 11.2 Å². The van der Waals surface area contributed by atoms with E-state index in [-0.39, 0.29) is 6.04 Å². The molecule has 0 aromatic carbocycles. The maximum atomic E-state index is 11.8. The van der Waals surface area contributed by atoms with Crippen LogP contribution in [0.15, 0.2) is 9.59 Å². The number of rotatable bonds is 2. The number of hydrogen-bond donors (Lipinski definition) is 2. The first-order valence-corrected chi connectivity index (χ1v) is 5.36. The van der Waals surface area contributed by atoms with Gasteiger partial charge >= 0.3 is 5.69 Å². The summed E-state index contributed by atoms with van der Waals surface area (Å²) < 4.78 is 3.10. The summed E-state index contributed by atoms with van der Waals surface area (Å²) in [5.41, 5.74) is -0.0556. The number of aryl methyl sites for hydroxylation is 1. The zero-order valence-electron chi connectivity index (χ0n) is 10.2. The molecule has 2 heterocycles. The van der Waals surface area contributed by atoms with Gasteiger partial charge in [0, 0.05) is 20.1 Å². The largest absolute Gasteiger partial charge is 0.359 e. The summed E-state index contributed by atoms with van der Waals surface area (Å²) in [6.45, 7) is 3.74. The molecule has 17 heavy (non-hydrogen) atoms. The van der Waals surface area contributed by atoms with E-state index in [9.17, 15) is 9.59 Å². The van der Waals surface area contributed by atoms with Gasteiger partial charge in [-0.15, -0.1) is 0 Å². The van der Waals surface area contributed by atoms with Gasteiger partial charge in [-0.1, -0.05) is 0 Å². The molecule has 92 valence electrons. The summed E-state index contributed by atoms with van der Waals surface area (Å²) >= 11 is 0. The molecule has 2 N–H and O–H groups in total. The molecule has 0 saturated carbocycles. The van der Waals surface area contributed by atoms with Crippen LogP contribution in [0.3, 0.4) is 0 Å². The zero-order chi connectivity index (χ0) is 12.7. The van der Waals surface area contributed by atoms with Gasteiger partial charge in [0.1, 0.15) is 0 Å². The quantitative estimate of drug-likeness (QED) is 0.772. The molecule has 2 rings (SSSR count). The van der Waals surface area contributed by atoms with Gasteiger partial charge in [-0.25, -0.2) is 4.79 Å². The van der Waals surface area contributed by atoms with E-state index in [1.807, 2.05) is 13.8 Å². The second-order valence-electron chi connectivity index (χ2n) is 4.14. The molecule has 0 bridgehead atoms. The SMILES string of the molecule is CNc1nc2c(c(=O)[nH]c(=O)n2C(C)C)n1C. The number of hydrogen-bond acceptors (Lipinski definition) is 4. The fraction of sp³-hybridized carbons (Fsp3) is 0.500. The lowest BCUT2D eigenvalue weighted by Gasteiger charge is -2.08. The Morgan fingerprint density at radius 2 is 2.00 bits per heavy atom. The van der Waals surface area contributed by atoms with Crippen LogP contribution in [0.1, 0.15) is 19.9 Å². The lowest BCUT2D eigenvalue weighted by atomic mass is 10.4. The highest BCUT2D eigenvalue weighted by atomic mass is 16.2. The summed E-state index contributed by atoms with van der Waals surface area (Å²) in [6, 6.07) is -0.0681. The van der Waals surface area contributed by atoms with Gasteiger partial charge in [0.25, 0.3) is 5.56 Å². The highest BCUT2D eigenvalue weighted by Crippen LogP contribution is 2.15. The average Bonchev–Trinajstić information content (AvgIpc) is 2.55. The zero-order valence-corrected chi connectivity index (χ0v) is 10.2. The van der Waals surface area contributed by atoms with Crippen LogP contribution in [0.4, 0.5) is 5.95 Å². The third kappa shape index (κ3) is 1.54. The molecule has 0 aliphatic heterocycles. The van der Waals surface area contributed by atoms with Crippen LogP contribution >= 0.6 is 0 Å². The third-order valence-corrected chi connectivity index (χ3v) is 2.70. The van der Waals surface area contributed by atoms with Crippen molar-refractivity contribution in [2.24, 2.45) is 7.05 Å². The molecule has 2 aromatic rings. The summed E-state index contributed by atoms with van der Waals surface area (Å²) in [7, 11) is 3.44. The molecule has 0 aliphatic carbocycles. The van der Waals surface area contributed by atoms with Crippen molar-refractivity contribution >= 4 is 17.1 Å². The molecule has 2 aromatic heterocycles. The molecule has 7 heteroatoms. The highest BCUT2D eigenvalue weighted by molar-refractivity contribution is 5.74. The van der Waals surface area contributed by atoms with E-state index in [2.05, 4.69) is 15.3 Å². The summed E-state index contributed by atoms with van der Waals surface area (Å²) in [4.78, 5) is 30.1. The fourth-order valence-electron chi connectivity index (χ4n) is 1.92. The van der Waals surface area contributed by atoms with Crippen molar-refractivity contribution in [2.75, 3.05) is 12.4 Å². The van der Waals surface area contributed by atoms with Crippen molar-refractivity contribution in [1.29, 1.82) is 0 Å². The number of H-pyrrole nitrogens is 1. The van der Waals surface area contributed by atoms with Gasteiger partial charge in [-0.2, -0.15) is 4.98 Å². The number of nitrogens with zero attached hydrogens (tertiary/aromatic N) is 3. The fourth-order valence-corrected chi connectivity index (χ4v) is 1.92. The smallest absolute Gasteiger partial charge is 0.330 e. The van der Waals surface area contributed by atoms with Crippen molar-refractivity contribution in [2.45, 2.75) is 19.9 Å². The molecule has 0 fully saturated rings. The molecule has 0 spiro atoms. The van der Waals surface area contributed by atoms with Crippen molar-refractivity contribution in [3.63, 3.8) is 0 Å². The van der Waals surface area contributed by atoms with E-state index in [1.165, 1.54) is 4.57 Å². The molecule has 0 saturated heterocycles. The van der Waals surface area contributed by atoms with Crippen LogP contribution in [0.5, 0.6) is 0 Å². The maximum absolute atomic E-state index is 11.8. The molecular formula is C10H15N5O2. The Kier molecular flexibility index (Phi) is 2.53. The second kappa shape index (κ2) is 3.76. The summed E-state index contributed by atoms with van der Waals surface area (Å²) in [6.07, 6.45) is 0. The van der Waals surface area contributed by atoms with Gasteiger partial charge in [0.15, 0.2) is 11.2 Å². The van der Waals surface area contributed by atoms with Crippen molar-refractivity contribution in [3.05, 3.63) is 20.8 Å². The molecule has 0 amide bonds. The first-order valence-electron chi connectivity index (χ1n) is 5.36. The van der Waals surface area contributed by atoms with Gasteiger partial charge in [0.05, 0.1) is 0 Å². The number of anilines is 1. The molecule has 7 nitrogen and oxygen atoms in total. The Hall–Kier alpha value is -2.05.